The lowest BCUT2D eigenvalue weighted by Crippen LogP contribution is -2.35. The standard InChI is InChI=1S/C10H15N3O/c11-8-3-1-2-7(10(8)12)9-6-14-5-4-13-9/h1-3,9,13H,4-6,11-12H2. The summed E-state index contributed by atoms with van der Waals surface area (Å²) in [6.45, 7) is 2.28. The SMILES string of the molecule is Nc1cccc(C2COCCN2)c1N. The largest absolute Gasteiger partial charge is 0.397 e. The van der Waals surface area contributed by atoms with E-state index >= 15 is 0 Å². The fraction of sp³-hybridized carbons (Fsp3) is 0.400. The Balaban J connectivity index is 2.26. The molecule has 4 nitrogen and oxygen atoms in total. The fourth-order valence-electron chi connectivity index (χ4n) is 1.67. The van der Waals surface area contributed by atoms with Gasteiger partial charge in [-0.3, -0.25) is 0 Å². The minimum absolute atomic E-state index is 0.173. The van der Waals surface area contributed by atoms with Crippen molar-refractivity contribution in [3.05, 3.63) is 23.8 Å². The van der Waals surface area contributed by atoms with Gasteiger partial charge in [0.05, 0.1) is 30.6 Å². The van der Waals surface area contributed by atoms with Crippen LogP contribution in [-0.2, 0) is 4.74 Å². The molecular weight excluding hydrogens is 178 g/mol. The van der Waals surface area contributed by atoms with E-state index in [0.29, 0.717) is 18.0 Å². The smallest absolute Gasteiger partial charge is 0.0662 e. The van der Waals surface area contributed by atoms with Crippen LogP contribution >= 0.6 is 0 Å². The number of hydrogen-bond acceptors (Lipinski definition) is 4. The van der Waals surface area contributed by atoms with Crippen LogP contribution in [0.4, 0.5) is 11.4 Å². The highest BCUT2D eigenvalue weighted by molar-refractivity contribution is 5.67. The summed E-state index contributed by atoms with van der Waals surface area (Å²) in [5, 5.41) is 3.34. The summed E-state index contributed by atoms with van der Waals surface area (Å²) < 4.78 is 5.37. The molecule has 0 amide bonds. The quantitative estimate of drug-likeness (QED) is 0.568. The fourth-order valence-corrected chi connectivity index (χ4v) is 1.67. The maximum absolute atomic E-state index is 5.89. The Labute approximate surface area is 83.2 Å². The Morgan fingerprint density at radius 3 is 2.93 bits per heavy atom. The second-order valence-electron chi connectivity index (χ2n) is 3.43. The number of hydrogen-bond donors (Lipinski definition) is 3. The molecule has 1 aliphatic heterocycles. The van der Waals surface area contributed by atoms with Gasteiger partial charge in [-0.05, 0) is 11.6 Å². The molecule has 1 aromatic rings. The monoisotopic (exact) mass is 193 g/mol. The van der Waals surface area contributed by atoms with Gasteiger partial charge in [0.2, 0.25) is 0 Å². The zero-order valence-electron chi connectivity index (χ0n) is 7.99. The first-order chi connectivity index (χ1) is 6.79. The molecule has 1 atom stereocenters. The van der Waals surface area contributed by atoms with Crippen LogP contribution in [0.25, 0.3) is 0 Å². The molecule has 14 heavy (non-hydrogen) atoms. The molecule has 76 valence electrons. The molecule has 1 heterocycles. The summed E-state index contributed by atoms with van der Waals surface area (Å²) >= 11 is 0. The van der Waals surface area contributed by atoms with Gasteiger partial charge in [-0.1, -0.05) is 12.1 Å². The Morgan fingerprint density at radius 2 is 2.21 bits per heavy atom. The van der Waals surface area contributed by atoms with Crippen molar-refractivity contribution in [2.45, 2.75) is 6.04 Å². The maximum Gasteiger partial charge on any atom is 0.0662 e. The molecular formula is C10H15N3O. The summed E-state index contributed by atoms with van der Waals surface area (Å²) in [4.78, 5) is 0. The van der Waals surface area contributed by atoms with Crippen LogP contribution in [0, 0.1) is 0 Å². The molecule has 1 fully saturated rings. The Morgan fingerprint density at radius 1 is 1.36 bits per heavy atom. The van der Waals surface area contributed by atoms with Crippen molar-refractivity contribution < 1.29 is 4.74 Å². The summed E-state index contributed by atoms with van der Waals surface area (Å²) in [5.41, 5.74) is 14.0. The highest BCUT2D eigenvalue weighted by Crippen LogP contribution is 2.26. The topological polar surface area (TPSA) is 73.3 Å². The van der Waals surface area contributed by atoms with Gasteiger partial charge in [0.25, 0.3) is 0 Å². The lowest BCUT2D eigenvalue weighted by Gasteiger charge is -2.25. The second kappa shape index (κ2) is 3.86. The summed E-state index contributed by atoms with van der Waals surface area (Å²) in [5.74, 6) is 0. The Hall–Kier alpha value is -1.26. The molecule has 1 aliphatic rings. The molecule has 0 radical (unpaired) electrons. The van der Waals surface area contributed by atoms with Crippen LogP contribution < -0.4 is 16.8 Å². The number of para-hydroxylation sites is 1. The van der Waals surface area contributed by atoms with E-state index in [1.165, 1.54) is 0 Å². The lowest BCUT2D eigenvalue weighted by molar-refractivity contribution is 0.0771. The van der Waals surface area contributed by atoms with Gasteiger partial charge >= 0.3 is 0 Å². The summed E-state index contributed by atoms with van der Waals surface area (Å²) in [6.07, 6.45) is 0. The van der Waals surface area contributed by atoms with Crippen LogP contribution in [0.5, 0.6) is 0 Å². The third-order valence-corrected chi connectivity index (χ3v) is 2.47. The lowest BCUT2D eigenvalue weighted by atomic mass is 10.0. The second-order valence-corrected chi connectivity index (χ2v) is 3.43. The van der Waals surface area contributed by atoms with Crippen LogP contribution in [0.15, 0.2) is 18.2 Å². The first-order valence-corrected chi connectivity index (χ1v) is 4.74. The van der Waals surface area contributed by atoms with E-state index in [1.54, 1.807) is 0 Å². The molecule has 0 spiro atoms. The first kappa shape index (κ1) is 9.30. The minimum atomic E-state index is 0.173. The third-order valence-electron chi connectivity index (χ3n) is 2.47. The first-order valence-electron chi connectivity index (χ1n) is 4.74. The highest BCUT2D eigenvalue weighted by atomic mass is 16.5. The summed E-state index contributed by atoms with van der Waals surface area (Å²) in [6, 6.07) is 5.88. The van der Waals surface area contributed by atoms with Gasteiger partial charge < -0.3 is 21.5 Å². The molecule has 0 saturated carbocycles. The molecule has 2 rings (SSSR count). The number of nitrogens with two attached hydrogens (primary N) is 2. The van der Waals surface area contributed by atoms with E-state index in [9.17, 15) is 0 Å². The van der Waals surface area contributed by atoms with Crippen molar-refractivity contribution in [3.63, 3.8) is 0 Å². The Bertz CT molecular complexity index is 321. The third kappa shape index (κ3) is 1.66. The zero-order chi connectivity index (χ0) is 9.97. The van der Waals surface area contributed by atoms with Crippen LogP contribution in [-0.4, -0.2) is 19.8 Å². The molecule has 1 saturated heterocycles. The number of anilines is 2. The van der Waals surface area contributed by atoms with E-state index in [2.05, 4.69) is 5.32 Å². The number of morpholine rings is 1. The summed E-state index contributed by atoms with van der Waals surface area (Å²) in [7, 11) is 0. The number of nitrogen functional groups attached to an aromatic ring is 2. The molecule has 5 N–H and O–H groups in total. The van der Waals surface area contributed by atoms with Crippen molar-refractivity contribution in [2.75, 3.05) is 31.2 Å². The Kier molecular flexibility index (Phi) is 2.56. The average Bonchev–Trinajstić information content (AvgIpc) is 2.23. The maximum atomic E-state index is 5.89. The molecule has 1 unspecified atom stereocenters. The van der Waals surface area contributed by atoms with E-state index < -0.39 is 0 Å². The zero-order valence-corrected chi connectivity index (χ0v) is 7.99. The number of ether oxygens (including phenoxy) is 1. The van der Waals surface area contributed by atoms with Crippen molar-refractivity contribution in [1.29, 1.82) is 0 Å². The van der Waals surface area contributed by atoms with Crippen LogP contribution in [0.1, 0.15) is 11.6 Å². The van der Waals surface area contributed by atoms with Crippen molar-refractivity contribution in [1.82, 2.24) is 5.32 Å². The molecule has 1 aromatic carbocycles. The average molecular weight is 193 g/mol. The predicted molar refractivity (Wildman–Crippen MR) is 56.8 cm³/mol. The normalized spacial score (nSPS) is 22.1. The molecule has 0 aliphatic carbocycles. The van der Waals surface area contributed by atoms with E-state index in [4.69, 9.17) is 16.2 Å². The van der Waals surface area contributed by atoms with Gasteiger partial charge in [-0.2, -0.15) is 0 Å². The van der Waals surface area contributed by atoms with Crippen molar-refractivity contribution >= 4 is 11.4 Å². The van der Waals surface area contributed by atoms with E-state index in [-0.39, 0.29) is 6.04 Å². The van der Waals surface area contributed by atoms with Crippen LogP contribution in [0.3, 0.4) is 0 Å². The van der Waals surface area contributed by atoms with Crippen LogP contribution in [0.2, 0.25) is 0 Å². The molecule has 0 bridgehead atoms. The predicted octanol–water partition coefficient (Wildman–Crippen LogP) is 0.512. The van der Waals surface area contributed by atoms with Gasteiger partial charge in [0.1, 0.15) is 0 Å². The van der Waals surface area contributed by atoms with E-state index in [0.717, 1.165) is 18.7 Å². The number of benzene rings is 1. The number of rotatable bonds is 1. The minimum Gasteiger partial charge on any atom is -0.397 e. The van der Waals surface area contributed by atoms with Gasteiger partial charge in [-0.25, -0.2) is 0 Å². The molecule has 4 heteroatoms. The molecule has 0 aromatic heterocycles. The van der Waals surface area contributed by atoms with Crippen molar-refractivity contribution in [2.24, 2.45) is 0 Å². The van der Waals surface area contributed by atoms with Gasteiger partial charge in [0.15, 0.2) is 0 Å². The highest BCUT2D eigenvalue weighted by Gasteiger charge is 2.17. The van der Waals surface area contributed by atoms with Gasteiger partial charge in [-0.15, -0.1) is 0 Å². The number of nitrogens with one attached hydrogen (secondary N) is 1. The van der Waals surface area contributed by atoms with Crippen molar-refractivity contribution in [3.8, 4) is 0 Å². The van der Waals surface area contributed by atoms with E-state index in [1.807, 2.05) is 18.2 Å². The van der Waals surface area contributed by atoms with Gasteiger partial charge in [0, 0.05) is 6.54 Å².